The Balaban J connectivity index is 2.01. The largest absolute Gasteiger partial charge is 0.416 e. The van der Waals surface area contributed by atoms with Gasteiger partial charge in [-0.2, -0.15) is 13.2 Å². The second-order valence-corrected chi connectivity index (χ2v) is 7.38. The number of para-hydroxylation sites is 1. The fourth-order valence-electron chi connectivity index (χ4n) is 4.45. The summed E-state index contributed by atoms with van der Waals surface area (Å²) in [5.41, 5.74) is 8.27. The Morgan fingerprint density at radius 3 is 2.55 bits per heavy atom. The number of nitrogens with two attached hydrogens (primary N) is 1. The van der Waals surface area contributed by atoms with Crippen molar-refractivity contribution in [1.82, 2.24) is 9.88 Å². The first-order chi connectivity index (χ1) is 13.8. The lowest BCUT2D eigenvalue weighted by Gasteiger charge is -2.24. The highest BCUT2D eigenvalue weighted by atomic mass is 19.4. The molecule has 0 fully saturated rings. The third-order valence-electron chi connectivity index (χ3n) is 5.72. The van der Waals surface area contributed by atoms with Crippen LogP contribution < -0.4 is 11.1 Å². The molecule has 4 rings (SSSR count). The van der Waals surface area contributed by atoms with Gasteiger partial charge in [0.25, 0.3) is 0 Å². The van der Waals surface area contributed by atoms with Crippen molar-refractivity contribution >= 4 is 16.8 Å². The standard InChI is InChI=1S/C22H22F3N3O/c1-13-14(6-4-7-17(13)22(23,24)25)20(21(26)29)28-18-8-3-2-5-15(18)16-9-11-27-12-10-19(16)28/h2-8,20,27H,9-12H2,1H3,(H2,26,29). The van der Waals surface area contributed by atoms with Crippen LogP contribution in [0.4, 0.5) is 13.2 Å². The Hall–Kier alpha value is -2.80. The number of fused-ring (bicyclic) bond motifs is 3. The average Bonchev–Trinajstić information content (AvgIpc) is 2.81. The van der Waals surface area contributed by atoms with Gasteiger partial charge in [-0.15, -0.1) is 0 Å². The third kappa shape index (κ3) is 3.29. The molecule has 4 nitrogen and oxygen atoms in total. The Kier molecular flexibility index (Phi) is 4.86. The van der Waals surface area contributed by atoms with Crippen LogP contribution in [0, 0.1) is 6.92 Å². The Labute approximate surface area is 166 Å². The van der Waals surface area contributed by atoms with E-state index in [1.54, 1.807) is 6.07 Å². The predicted octanol–water partition coefficient (Wildman–Crippen LogP) is 3.73. The number of primary amides is 1. The van der Waals surface area contributed by atoms with E-state index in [0.29, 0.717) is 6.42 Å². The van der Waals surface area contributed by atoms with E-state index >= 15 is 0 Å². The maximum atomic E-state index is 13.5. The highest BCUT2D eigenvalue weighted by molar-refractivity contribution is 5.90. The van der Waals surface area contributed by atoms with E-state index in [-0.39, 0.29) is 11.1 Å². The number of hydrogen-bond donors (Lipinski definition) is 2. The number of amides is 1. The van der Waals surface area contributed by atoms with Gasteiger partial charge in [-0.3, -0.25) is 4.79 Å². The molecule has 1 unspecified atom stereocenters. The highest BCUT2D eigenvalue weighted by Gasteiger charge is 2.36. The maximum Gasteiger partial charge on any atom is 0.416 e. The molecule has 3 N–H and O–H groups in total. The Morgan fingerprint density at radius 1 is 1.10 bits per heavy atom. The zero-order valence-corrected chi connectivity index (χ0v) is 16.0. The van der Waals surface area contributed by atoms with Gasteiger partial charge in [0.2, 0.25) is 5.91 Å². The molecular formula is C22H22F3N3O. The normalized spacial score (nSPS) is 15.7. The summed E-state index contributed by atoms with van der Waals surface area (Å²) in [6.45, 7) is 2.95. The second kappa shape index (κ2) is 7.22. The number of halogens is 3. The van der Waals surface area contributed by atoms with Gasteiger partial charge in [0, 0.05) is 29.6 Å². The molecule has 1 amide bonds. The Bertz CT molecular complexity index is 1080. The zero-order chi connectivity index (χ0) is 20.8. The lowest BCUT2D eigenvalue weighted by molar-refractivity contribution is -0.138. The summed E-state index contributed by atoms with van der Waals surface area (Å²) in [7, 11) is 0. The van der Waals surface area contributed by atoms with Crippen molar-refractivity contribution in [1.29, 1.82) is 0 Å². The van der Waals surface area contributed by atoms with Crippen molar-refractivity contribution in [3.8, 4) is 0 Å². The molecule has 0 bridgehead atoms. The van der Waals surface area contributed by atoms with Gasteiger partial charge in [0.1, 0.15) is 6.04 Å². The molecule has 3 aromatic rings. The molecule has 0 radical (unpaired) electrons. The van der Waals surface area contributed by atoms with Crippen LogP contribution in [0.3, 0.4) is 0 Å². The number of nitrogens with zero attached hydrogens (tertiary/aromatic N) is 1. The quantitative estimate of drug-likeness (QED) is 0.703. The van der Waals surface area contributed by atoms with Crippen molar-refractivity contribution in [2.24, 2.45) is 5.73 Å². The molecule has 0 aliphatic carbocycles. The molecule has 2 heterocycles. The van der Waals surface area contributed by atoms with E-state index in [0.717, 1.165) is 47.7 Å². The van der Waals surface area contributed by atoms with Gasteiger partial charge in [-0.25, -0.2) is 0 Å². The molecule has 0 saturated heterocycles. The number of benzene rings is 2. The smallest absolute Gasteiger partial charge is 0.368 e. The minimum absolute atomic E-state index is 0.0297. The average molecular weight is 401 g/mol. The summed E-state index contributed by atoms with van der Waals surface area (Å²) in [5.74, 6) is -0.673. The summed E-state index contributed by atoms with van der Waals surface area (Å²) in [4.78, 5) is 12.6. The number of alkyl halides is 3. The van der Waals surface area contributed by atoms with Crippen molar-refractivity contribution in [3.63, 3.8) is 0 Å². The molecule has 0 spiro atoms. The fourth-order valence-corrected chi connectivity index (χ4v) is 4.45. The van der Waals surface area contributed by atoms with E-state index in [2.05, 4.69) is 5.32 Å². The minimum Gasteiger partial charge on any atom is -0.368 e. The second-order valence-electron chi connectivity index (χ2n) is 7.38. The molecule has 0 saturated carbocycles. The Morgan fingerprint density at radius 2 is 1.83 bits per heavy atom. The summed E-state index contributed by atoms with van der Waals surface area (Å²) in [6, 6.07) is 10.6. The van der Waals surface area contributed by atoms with Gasteiger partial charge in [0.05, 0.1) is 5.56 Å². The van der Waals surface area contributed by atoms with E-state index in [4.69, 9.17) is 5.73 Å². The molecule has 1 aromatic heterocycles. The van der Waals surface area contributed by atoms with Crippen LogP contribution in [0.2, 0.25) is 0 Å². The molecule has 152 valence electrons. The molecule has 1 aliphatic heterocycles. The monoisotopic (exact) mass is 401 g/mol. The summed E-state index contributed by atoms with van der Waals surface area (Å²) >= 11 is 0. The summed E-state index contributed by atoms with van der Waals surface area (Å²) in [6.07, 6.45) is -3.04. The predicted molar refractivity (Wildman–Crippen MR) is 106 cm³/mol. The van der Waals surface area contributed by atoms with Crippen LogP contribution in [0.1, 0.15) is 34.0 Å². The van der Waals surface area contributed by atoms with Crippen LogP contribution in [-0.4, -0.2) is 23.6 Å². The number of carbonyl (C=O) groups excluding carboxylic acids is 1. The first-order valence-corrected chi connectivity index (χ1v) is 9.58. The fraction of sp³-hybridized carbons (Fsp3) is 0.318. The van der Waals surface area contributed by atoms with Crippen molar-refractivity contribution in [2.45, 2.75) is 32.0 Å². The number of carbonyl (C=O) groups is 1. The molecule has 7 heteroatoms. The highest BCUT2D eigenvalue weighted by Crippen LogP contribution is 2.38. The topological polar surface area (TPSA) is 60.1 Å². The third-order valence-corrected chi connectivity index (χ3v) is 5.72. The summed E-state index contributed by atoms with van der Waals surface area (Å²) in [5, 5.41) is 4.36. The van der Waals surface area contributed by atoms with Crippen LogP contribution in [0.25, 0.3) is 10.9 Å². The van der Waals surface area contributed by atoms with Crippen molar-refractivity contribution in [2.75, 3.05) is 13.1 Å². The van der Waals surface area contributed by atoms with Crippen molar-refractivity contribution < 1.29 is 18.0 Å². The van der Waals surface area contributed by atoms with Crippen LogP contribution >= 0.6 is 0 Å². The first kappa shape index (κ1) is 19.5. The SMILES string of the molecule is Cc1c(C(C(N)=O)n2c3c(c4ccccc42)CCNCC3)cccc1C(F)(F)F. The van der Waals surface area contributed by atoms with E-state index in [9.17, 15) is 18.0 Å². The number of nitrogens with one attached hydrogen (secondary N) is 1. The van der Waals surface area contributed by atoms with Gasteiger partial charge < -0.3 is 15.6 Å². The lowest BCUT2D eigenvalue weighted by atomic mass is 9.95. The first-order valence-electron chi connectivity index (χ1n) is 9.58. The molecule has 29 heavy (non-hydrogen) atoms. The molecular weight excluding hydrogens is 379 g/mol. The zero-order valence-electron chi connectivity index (χ0n) is 16.0. The van der Waals surface area contributed by atoms with Crippen LogP contribution in [-0.2, 0) is 23.8 Å². The van der Waals surface area contributed by atoms with E-state index in [1.165, 1.54) is 13.0 Å². The van der Waals surface area contributed by atoms with Crippen LogP contribution in [0.5, 0.6) is 0 Å². The number of hydrogen-bond acceptors (Lipinski definition) is 2. The maximum absolute atomic E-state index is 13.5. The van der Waals surface area contributed by atoms with Gasteiger partial charge in [-0.1, -0.05) is 30.3 Å². The lowest BCUT2D eigenvalue weighted by Crippen LogP contribution is -2.30. The van der Waals surface area contributed by atoms with Gasteiger partial charge >= 0.3 is 6.18 Å². The molecule has 1 atom stereocenters. The van der Waals surface area contributed by atoms with Crippen molar-refractivity contribution in [3.05, 3.63) is 70.4 Å². The molecule has 1 aliphatic rings. The number of rotatable bonds is 3. The van der Waals surface area contributed by atoms with E-state index < -0.39 is 23.7 Å². The van der Waals surface area contributed by atoms with Crippen LogP contribution in [0.15, 0.2) is 42.5 Å². The van der Waals surface area contributed by atoms with E-state index in [1.807, 2.05) is 28.8 Å². The van der Waals surface area contributed by atoms with Gasteiger partial charge in [0.15, 0.2) is 0 Å². The van der Waals surface area contributed by atoms with Gasteiger partial charge in [-0.05, 0) is 48.7 Å². The number of aromatic nitrogens is 1. The molecule has 2 aromatic carbocycles. The minimum atomic E-state index is -4.50. The summed E-state index contributed by atoms with van der Waals surface area (Å²) < 4.78 is 42.3.